The minimum absolute atomic E-state index is 0.228. The summed E-state index contributed by atoms with van der Waals surface area (Å²) in [6, 6.07) is 9.00. The molecular formula is C18H28N2O. The fourth-order valence-corrected chi connectivity index (χ4v) is 3.12. The van der Waals surface area contributed by atoms with E-state index in [0.29, 0.717) is 12.3 Å². The van der Waals surface area contributed by atoms with E-state index in [9.17, 15) is 4.79 Å². The molecular weight excluding hydrogens is 260 g/mol. The molecule has 3 nitrogen and oxygen atoms in total. The average Bonchev–Trinajstić information content (AvgIpc) is 2.40. The van der Waals surface area contributed by atoms with Crippen LogP contribution in [0, 0.1) is 5.92 Å². The predicted octanol–water partition coefficient (Wildman–Crippen LogP) is 2.77. The number of benzene rings is 1. The fraction of sp³-hybridized carbons (Fsp3) is 0.611. The lowest BCUT2D eigenvalue weighted by molar-refractivity contribution is -0.133. The van der Waals surface area contributed by atoms with E-state index in [4.69, 9.17) is 5.73 Å². The van der Waals surface area contributed by atoms with Crippen molar-refractivity contribution in [3.63, 3.8) is 0 Å². The molecule has 1 saturated heterocycles. The number of rotatable bonds is 4. The van der Waals surface area contributed by atoms with Crippen molar-refractivity contribution < 1.29 is 4.79 Å². The van der Waals surface area contributed by atoms with Crippen LogP contribution in [0.1, 0.15) is 44.7 Å². The zero-order valence-electron chi connectivity index (χ0n) is 13.5. The van der Waals surface area contributed by atoms with Crippen molar-refractivity contribution in [2.75, 3.05) is 6.54 Å². The van der Waals surface area contributed by atoms with Crippen molar-refractivity contribution in [3.05, 3.63) is 35.4 Å². The number of carbonyl (C=O) groups excluding carboxylic acids is 1. The van der Waals surface area contributed by atoms with Gasteiger partial charge in [-0.25, -0.2) is 0 Å². The van der Waals surface area contributed by atoms with Gasteiger partial charge in [-0.2, -0.15) is 0 Å². The minimum atomic E-state index is 0.228. The first-order valence-electron chi connectivity index (χ1n) is 8.08. The van der Waals surface area contributed by atoms with Crippen LogP contribution in [0.25, 0.3) is 0 Å². The molecule has 2 N–H and O–H groups in total. The van der Waals surface area contributed by atoms with Crippen LogP contribution in [0.4, 0.5) is 0 Å². The van der Waals surface area contributed by atoms with Gasteiger partial charge in [-0.05, 0) is 43.2 Å². The number of nitrogens with two attached hydrogens (primary N) is 1. The molecule has 0 aliphatic carbocycles. The summed E-state index contributed by atoms with van der Waals surface area (Å²) in [5, 5.41) is 0. The summed E-state index contributed by atoms with van der Waals surface area (Å²) in [5.74, 6) is 0.891. The quantitative estimate of drug-likeness (QED) is 0.926. The first-order valence-corrected chi connectivity index (χ1v) is 8.08. The summed E-state index contributed by atoms with van der Waals surface area (Å²) in [4.78, 5) is 14.4. The van der Waals surface area contributed by atoms with Gasteiger partial charge in [0.15, 0.2) is 0 Å². The van der Waals surface area contributed by atoms with Crippen molar-refractivity contribution in [1.82, 2.24) is 4.90 Å². The smallest absolute Gasteiger partial charge is 0.227 e. The van der Waals surface area contributed by atoms with E-state index >= 15 is 0 Å². The zero-order chi connectivity index (χ0) is 15.4. The standard InChI is InChI=1S/C18H28N2O/c1-13(2)10-15-4-6-16(7-5-15)12-18(21)20-9-8-17(19)11-14(20)3/h4-7,13-14,17H,8-12,19H2,1-3H3. The van der Waals surface area contributed by atoms with Gasteiger partial charge in [0.2, 0.25) is 5.91 Å². The first kappa shape index (κ1) is 16.0. The summed E-state index contributed by atoms with van der Waals surface area (Å²) in [7, 11) is 0. The van der Waals surface area contributed by atoms with Crippen molar-refractivity contribution >= 4 is 5.91 Å². The maximum absolute atomic E-state index is 12.4. The van der Waals surface area contributed by atoms with Crippen LogP contribution >= 0.6 is 0 Å². The molecule has 2 unspecified atom stereocenters. The van der Waals surface area contributed by atoms with E-state index in [1.807, 2.05) is 4.90 Å². The molecule has 2 rings (SSSR count). The van der Waals surface area contributed by atoms with Crippen molar-refractivity contribution in [3.8, 4) is 0 Å². The lowest BCUT2D eigenvalue weighted by Gasteiger charge is -2.36. The number of hydrogen-bond acceptors (Lipinski definition) is 2. The molecule has 21 heavy (non-hydrogen) atoms. The number of carbonyl (C=O) groups is 1. The van der Waals surface area contributed by atoms with Gasteiger partial charge in [0, 0.05) is 18.6 Å². The largest absolute Gasteiger partial charge is 0.340 e. The van der Waals surface area contributed by atoms with Crippen LogP contribution in [-0.2, 0) is 17.6 Å². The number of likely N-dealkylation sites (tertiary alicyclic amines) is 1. The maximum atomic E-state index is 12.4. The van der Waals surface area contributed by atoms with Crippen LogP contribution in [0.15, 0.2) is 24.3 Å². The molecule has 1 amide bonds. The molecule has 0 bridgehead atoms. The van der Waals surface area contributed by atoms with Gasteiger partial charge in [-0.3, -0.25) is 4.79 Å². The minimum Gasteiger partial charge on any atom is -0.340 e. The summed E-state index contributed by atoms with van der Waals surface area (Å²) < 4.78 is 0. The molecule has 1 heterocycles. The van der Waals surface area contributed by atoms with Gasteiger partial charge in [0.1, 0.15) is 0 Å². The molecule has 1 aromatic rings. The normalized spacial score (nSPS) is 22.6. The molecule has 0 saturated carbocycles. The van der Waals surface area contributed by atoms with Crippen molar-refractivity contribution in [1.29, 1.82) is 0 Å². The number of piperidine rings is 1. The molecule has 1 aromatic carbocycles. The number of amides is 1. The molecule has 1 fully saturated rings. The second kappa shape index (κ2) is 7.08. The van der Waals surface area contributed by atoms with E-state index in [-0.39, 0.29) is 18.0 Å². The van der Waals surface area contributed by atoms with E-state index in [1.165, 1.54) is 5.56 Å². The van der Waals surface area contributed by atoms with Crippen LogP contribution in [0.3, 0.4) is 0 Å². The summed E-state index contributed by atoms with van der Waals surface area (Å²) in [5.41, 5.74) is 8.41. The van der Waals surface area contributed by atoms with Gasteiger partial charge in [0.25, 0.3) is 0 Å². The molecule has 0 spiro atoms. The van der Waals surface area contributed by atoms with Gasteiger partial charge < -0.3 is 10.6 Å². The average molecular weight is 288 g/mol. The Kier molecular flexibility index (Phi) is 5.40. The summed E-state index contributed by atoms with van der Waals surface area (Å²) in [6.07, 6.45) is 3.43. The first-order chi connectivity index (χ1) is 9.95. The Morgan fingerprint density at radius 3 is 2.48 bits per heavy atom. The highest BCUT2D eigenvalue weighted by molar-refractivity contribution is 5.79. The molecule has 2 atom stereocenters. The Hall–Kier alpha value is -1.35. The fourth-order valence-electron chi connectivity index (χ4n) is 3.12. The molecule has 116 valence electrons. The Balaban J connectivity index is 1.93. The highest BCUT2D eigenvalue weighted by Gasteiger charge is 2.26. The van der Waals surface area contributed by atoms with Gasteiger partial charge in [-0.15, -0.1) is 0 Å². The Morgan fingerprint density at radius 2 is 1.90 bits per heavy atom. The maximum Gasteiger partial charge on any atom is 0.227 e. The molecule has 1 aliphatic heterocycles. The van der Waals surface area contributed by atoms with Crippen molar-refractivity contribution in [2.24, 2.45) is 11.7 Å². The van der Waals surface area contributed by atoms with Crippen LogP contribution in [0.2, 0.25) is 0 Å². The van der Waals surface area contributed by atoms with Gasteiger partial charge in [0.05, 0.1) is 6.42 Å². The lowest BCUT2D eigenvalue weighted by atomic mass is 9.97. The molecule has 3 heteroatoms. The van der Waals surface area contributed by atoms with Crippen LogP contribution in [-0.4, -0.2) is 29.4 Å². The van der Waals surface area contributed by atoms with E-state index in [0.717, 1.165) is 31.4 Å². The second-order valence-corrected chi connectivity index (χ2v) is 6.81. The van der Waals surface area contributed by atoms with E-state index < -0.39 is 0 Å². The highest BCUT2D eigenvalue weighted by Crippen LogP contribution is 2.18. The predicted molar refractivity (Wildman–Crippen MR) is 87.1 cm³/mol. The van der Waals surface area contributed by atoms with Gasteiger partial charge in [-0.1, -0.05) is 38.1 Å². The topological polar surface area (TPSA) is 46.3 Å². The van der Waals surface area contributed by atoms with Crippen LogP contribution in [0.5, 0.6) is 0 Å². The second-order valence-electron chi connectivity index (χ2n) is 6.81. The Bertz CT molecular complexity index is 467. The summed E-state index contributed by atoms with van der Waals surface area (Å²) in [6.45, 7) is 7.34. The number of nitrogens with zero attached hydrogens (tertiary/aromatic N) is 1. The molecule has 0 aromatic heterocycles. The monoisotopic (exact) mass is 288 g/mol. The Labute approximate surface area is 128 Å². The van der Waals surface area contributed by atoms with Gasteiger partial charge >= 0.3 is 0 Å². The third-order valence-corrected chi connectivity index (χ3v) is 4.26. The number of hydrogen-bond donors (Lipinski definition) is 1. The third kappa shape index (κ3) is 4.57. The highest BCUT2D eigenvalue weighted by atomic mass is 16.2. The summed E-state index contributed by atoms with van der Waals surface area (Å²) >= 11 is 0. The van der Waals surface area contributed by atoms with Crippen LogP contribution < -0.4 is 5.73 Å². The van der Waals surface area contributed by atoms with Crippen molar-refractivity contribution in [2.45, 2.75) is 58.5 Å². The van der Waals surface area contributed by atoms with E-state index in [1.54, 1.807) is 0 Å². The molecule has 0 radical (unpaired) electrons. The van der Waals surface area contributed by atoms with E-state index in [2.05, 4.69) is 45.0 Å². The molecule has 1 aliphatic rings. The Morgan fingerprint density at radius 1 is 1.29 bits per heavy atom. The zero-order valence-corrected chi connectivity index (χ0v) is 13.5. The lowest BCUT2D eigenvalue weighted by Crippen LogP contribution is -2.48. The third-order valence-electron chi connectivity index (χ3n) is 4.26. The SMILES string of the molecule is CC(C)Cc1ccc(CC(=O)N2CCC(N)CC2C)cc1.